The molecule has 1 atom stereocenters. The van der Waals surface area contributed by atoms with Gasteiger partial charge in [-0.1, -0.05) is 51.9 Å². The highest BCUT2D eigenvalue weighted by molar-refractivity contribution is 5.89. The third-order valence-electron chi connectivity index (χ3n) is 4.41. The third-order valence-corrected chi connectivity index (χ3v) is 4.41. The molecule has 1 heterocycles. The average molecular weight is 378 g/mol. The maximum Gasteiger partial charge on any atom is 0.508 e. The van der Waals surface area contributed by atoms with E-state index in [4.69, 9.17) is 14.2 Å². The smallest absolute Gasteiger partial charge is 0.494 e. The molecule has 0 aliphatic carbocycles. The summed E-state index contributed by atoms with van der Waals surface area (Å²) in [6.07, 6.45) is 8.85. The molecule has 1 fully saturated rings. The van der Waals surface area contributed by atoms with Crippen LogP contribution in [0.2, 0.25) is 0 Å². The molecule has 1 aromatic carbocycles. The highest BCUT2D eigenvalue weighted by atomic mass is 16.8. The first kappa shape index (κ1) is 21.1. The lowest BCUT2D eigenvalue weighted by Crippen LogP contribution is -2.20. The average Bonchev–Trinajstić information content (AvgIpc) is 3.10. The minimum Gasteiger partial charge on any atom is -0.494 e. The van der Waals surface area contributed by atoms with Crippen molar-refractivity contribution in [3.8, 4) is 5.75 Å². The topological polar surface area (TPSA) is 71.1 Å². The first-order chi connectivity index (χ1) is 13.2. The minimum absolute atomic E-state index is 0.0126. The second kappa shape index (κ2) is 12.2. The van der Waals surface area contributed by atoms with Crippen molar-refractivity contribution in [3.63, 3.8) is 0 Å². The van der Waals surface area contributed by atoms with E-state index in [1.807, 2.05) is 0 Å². The standard InChI is InChI=1S/C21H30O6/c1-2-3-4-5-6-7-8-9-14-24-18-12-10-17(11-13-18)20(22)25-15-19-16-26-21(23)27-19/h10-13,19H,2-9,14-16H2,1H3. The number of benzene rings is 1. The van der Waals surface area contributed by atoms with Crippen LogP contribution in [0.5, 0.6) is 5.75 Å². The predicted molar refractivity (Wildman–Crippen MR) is 101 cm³/mol. The highest BCUT2D eigenvalue weighted by Gasteiger charge is 2.26. The molecule has 0 amide bonds. The molecule has 1 aromatic rings. The number of ether oxygens (including phenoxy) is 4. The molecule has 0 aromatic heterocycles. The van der Waals surface area contributed by atoms with Gasteiger partial charge in [0.05, 0.1) is 12.2 Å². The number of rotatable bonds is 13. The van der Waals surface area contributed by atoms with Gasteiger partial charge in [0.25, 0.3) is 0 Å². The van der Waals surface area contributed by atoms with Gasteiger partial charge in [0.2, 0.25) is 0 Å². The number of hydrogen-bond donors (Lipinski definition) is 0. The molecule has 0 radical (unpaired) electrons. The van der Waals surface area contributed by atoms with Gasteiger partial charge in [-0.2, -0.15) is 0 Å². The van der Waals surface area contributed by atoms with Gasteiger partial charge in [-0.3, -0.25) is 0 Å². The third kappa shape index (κ3) is 8.33. The molecular weight excluding hydrogens is 348 g/mol. The summed E-state index contributed by atoms with van der Waals surface area (Å²) in [4.78, 5) is 22.8. The Morgan fingerprint density at radius 3 is 2.33 bits per heavy atom. The predicted octanol–water partition coefficient (Wildman–Crippen LogP) is 4.90. The van der Waals surface area contributed by atoms with Crippen molar-refractivity contribution >= 4 is 12.1 Å². The van der Waals surface area contributed by atoms with E-state index in [1.54, 1.807) is 24.3 Å². The van der Waals surface area contributed by atoms with Crippen LogP contribution in [0.25, 0.3) is 0 Å². The summed E-state index contributed by atoms with van der Waals surface area (Å²) >= 11 is 0. The van der Waals surface area contributed by atoms with Crippen LogP contribution in [0.3, 0.4) is 0 Å². The number of cyclic esters (lactones) is 2. The van der Waals surface area contributed by atoms with E-state index in [-0.39, 0.29) is 13.2 Å². The van der Waals surface area contributed by atoms with Crippen molar-refractivity contribution < 1.29 is 28.5 Å². The van der Waals surface area contributed by atoms with Crippen molar-refractivity contribution in [2.24, 2.45) is 0 Å². The molecule has 1 saturated heterocycles. The molecule has 27 heavy (non-hydrogen) atoms. The van der Waals surface area contributed by atoms with E-state index in [0.717, 1.165) is 12.2 Å². The van der Waals surface area contributed by atoms with Gasteiger partial charge in [-0.05, 0) is 30.7 Å². The Labute approximate surface area is 161 Å². The van der Waals surface area contributed by atoms with Crippen LogP contribution >= 0.6 is 0 Å². The Kier molecular flexibility index (Phi) is 9.52. The summed E-state index contributed by atoms with van der Waals surface area (Å²) in [6, 6.07) is 6.87. The van der Waals surface area contributed by atoms with Crippen molar-refractivity contribution in [1.82, 2.24) is 0 Å². The molecule has 1 aliphatic heterocycles. The first-order valence-electron chi connectivity index (χ1n) is 9.92. The van der Waals surface area contributed by atoms with Crippen LogP contribution in [0.15, 0.2) is 24.3 Å². The van der Waals surface area contributed by atoms with Gasteiger partial charge < -0.3 is 18.9 Å². The SMILES string of the molecule is CCCCCCCCCCOc1ccc(C(=O)OCC2COC(=O)O2)cc1. The second-order valence-corrected chi connectivity index (χ2v) is 6.75. The first-order valence-corrected chi connectivity index (χ1v) is 9.92. The number of unbranched alkanes of at least 4 members (excludes halogenated alkanes) is 7. The lowest BCUT2D eigenvalue weighted by molar-refractivity contribution is 0.0300. The Hall–Kier alpha value is -2.24. The molecular formula is C21H30O6. The van der Waals surface area contributed by atoms with Crippen LogP contribution < -0.4 is 4.74 Å². The summed E-state index contributed by atoms with van der Waals surface area (Å²) in [7, 11) is 0. The summed E-state index contributed by atoms with van der Waals surface area (Å²) < 4.78 is 20.3. The monoisotopic (exact) mass is 378 g/mol. The van der Waals surface area contributed by atoms with Gasteiger partial charge in [0.15, 0.2) is 6.10 Å². The number of hydrogen-bond acceptors (Lipinski definition) is 6. The van der Waals surface area contributed by atoms with Crippen molar-refractivity contribution in [3.05, 3.63) is 29.8 Å². The zero-order valence-corrected chi connectivity index (χ0v) is 16.1. The normalized spacial score (nSPS) is 15.9. The van der Waals surface area contributed by atoms with Crippen molar-refractivity contribution in [2.75, 3.05) is 19.8 Å². The summed E-state index contributed by atoms with van der Waals surface area (Å²) in [5, 5.41) is 0. The van der Waals surface area contributed by atoms with Gasteiger partial charge >= 0.3 is 12.1 Å². The zero-order chi connectivity index (χ0) is 19.3. The number of carbonyl (C=O) groups excluding carboxylic acids is 2. The fraction of sp³-hybridized carbons (Fsp3) is 0.619. The molecule has 2 rings (SSSR count). The van der Waals surface area contributed by atoms with E-state index in [9.17, 15) is 9.59 Å². The molecule has 0 bridgehead atoms. The molecule has 150 valence electrons. The lowest BCUT2D eigenvalue weighted by Gasteiger charge is -2.09. The van der Waals surface area contributed by atoms with E-state index < -0.39 is 18.2 Å². The fourth-order valence-electron chi connectivity index (χ4n) is 2.81. The summed E-state index contributed by atoms with van der Waals surface area (Å²) in [5.74, 6) is 0.278. The maximum absolute atomic E-state index is 12.0. The molecule has 6 nitrogen and oxygen atoms in total. The lowest BCUT2D eigenvalue weighted by atomic mass is 10.1. The fourth-order valence-corrected chi connectivity index (χ4v) is 2.81. The maximum atomic E-state index is 12.0. The van der Waals surface area contributed by atoms with Gasteiger partial charge in [-0.15, -0.1) is 0 Å². The van der Waals surface area contributed by atoms with E-state index >= 15 is 0 Å². The molecule has 1 aliphatic rings. The Morgan fingerprint density at radius 2 is 1.70 bits per heavy atom. The van der Waals surface area contributed by atoms with Crippen LogP contribution in [0, 0.1) is 0 Å². The Morgan fingerprint density at radius 1 is 1.04 bits per heavy atom. The van der Waals surface area contributed by atoms with Crippen LogP contribution in [0.4, 0.5) is 4.79 Å². The molecule has 0 N–H and O–H groups in total. The second-order valence-electron chi connectivity index (χ2n) is 6.75. The van der Waals surface area contributed by atoms with Crippen molar-refractivity contribution in [1.29, 1.82) is 0 Å². The number of esters is 1. The Bertz CT molecular complexity index is 569. The van der Waals surface area contributed by atoms with Gasteiger partial charge in [0.1, 0.15) is 19.0 Å². The minimum atomic E-state index is -0.728. The highest BCUT2D eigenvalue weighted by Crippen LogP contribution is 2.15. The van der Waals surface area contributed by atoms with E-state index in [2.05, 4.69) is 11.7 Å². The molecule has 6 heteroatoms. The van der Waals surface area contributed by atoms with Crippen molar-refractivity contribution in [2.45, 2.75) is 64.4 Å². The quantitative estimate of drug-likeness (QED) is 0.359. The molecule has 0 spiro atoms. The Balaban J connectivity index is 1.56. The largest absolute Gasteiger partial charge is 0.508 e. The van der Waals surface area contributed by atoms with E-state index in [1.165, 1.54) is 44.9 Å². The van der Waals surface area contributed by atoms with Gasteiger partial charge in [0, 0.05) is 0 Å². The van der Waals surface area contributed by atoms with Gasteiger partial charge in [-0.25, -0.2) is 9.59 Å². The summed E-state index contributed by atoms with van der Waals surface area (Å²) in [6.45, 7) is 3.02. The molecule has 0 saturated carbocycles. The summed E-state index contributed by atoms with van der Waals surface area (Å²) in [5.41, 5.74) is 0.430. The van der Waals surface area contributed by atoms with E-state index in [0.29, 0.717) is 12.2 Å². The molecule has 1 unspecified atom stereocenters. The van der Waals surface area contributed by atoms with Crippen LogP contribution in [0.1, 0.15) is 68.6 Å². The van der Waals surface area contributed by atoms with Crippen LogP contribution in [-0.4, -0.2) is 38.0 Å². The zero-order valence-electron chi connectivity index (χ0n) is 16.1. The van der Waals surface area contributed by atoms with Crippen LogP contribution in [-0.2, 0) is 14.2 Å². The number of carbonyl (C=O) groups is 2.